The Balaban J connectivity index is 2.13. The zero-order valence-electron chi connectivity index (χ0n) is 10.6. The van der Waals surface area contributed by atoms with Crippen LogP contribution in [-0.4, -0.2) is 19.8 Å². The molecule has 0 aliphatic rings. The van der Waals surface area contributed by atoms with E-state index in [1.807, 2.05) is 0 Å². The molecule has 3 rings (SSSR count). The highest BCUT2D eigenvalue weighted by Gasteiger charge is 2.13. The third kappa shape index (κ3) is 2.53. The Hall–Kier alpha value is -2.25. The average molecular weight is 320 g/mol. The number of nitrogens with one attached hydrogen (secondary N) is 1. The molecule has 0 atom stereocenters. The van der Waals surface area contributed by atoms with Crippen LogP contribution in [0.4, 0.5) is 11.5 Å². The molecule has 0 aliphatic heterocycles. The zero-order chi connectivity index (χ0) is 15.0. The number of primary amides is 1. The van der Waals surface area contributed by atoms with Gasteiger partial charge < -0.3 is 11.1 Å². The molecule has 0 bridgehead atoms. The third-order valence-electron chi connectivity index (χ3n) is 2.94. The van der Waals surface area contributed by atoms with Crippen molar-refractivity contribution in [3.8, 4) is 0 Å². The fourth-order valence-electron chi connectivity index (χ4n) is 2.00. The molecule has 3 N–H and O–H groups in total. The highest BCUT2D eigenvalue weighted by Crippen LogP contribution is 2.27. The van der Waals surface area contributed by atoms with Crippen molar-refractivity contribution in [2.45, 2.75) is 0 Å². The summed E-state index contributed by atoms with van der Waals surface area (Å²) in [6, 6.07) is 8.69. The molecule has 1 amide bonds. The number of fused-ring (bicyclic) bond motifs is 1. The number of aromatic nitrogens is 3. The lowest BCUT2D eigenvalue weighted by molar-refractivity contribution is 0.100. The number of amides is 1. The van der Waals surface area contributed by atoms with Gasteiger partial charge in [-0.2, -0.15) is 9.97 Å². The van der Waals surface area contributed by atoms with Crippen LogP contribution < -0.4 is 11.1 Å². The Labute approximate surface area is 130 Å². The van der Waals surface area contributed by atoms with Crippen molar-refractivity contribution in [2.75, 3.05) is 5.32 Å². The minimum atomic E-state index is -0.527. The number of nitrogens with zero attached hydrogens (tertiary/aromatic N) is 3. The second kappa shape index (κ2) is 5.27. The number of carbonyl (C=O) groups excluding carboxylic acids is 1. The van der Waals surface area contributed by atoms with E-state index < -0.39 is 5.91 Å². The molecule has 0 unspecified atom stereocenters. The molecule has 1 aromatic carbocycles. The largest absolute Gasteiger partial charge is 0.366 e. The number of thiol groups is 1. The topological polar surface area (TPSA) is 85.8 Å². The van der Waals surface area contributed by atoms with Crippen molar-refractivity contribution < 1.29 is 4.79 Å². The van der Waals surface area contributed by atoms with Crippen LogP contribution in [0.2, 0.25) is 5.28 Å². The normalized spacial score (nSPS) is 10.8. The van der Waals surface area contributed by atoms with Crippen molar-refractivity contribution in [1.82, 2.24) is 13.9 Å². The number of rotatable bonds is 3. The highest BCUT2D eigenvalue weighted by molar-refractivity contribution is 7.78. The van der Waals surface area contributed by atoms with Gasteiger partial charge in [-0.15, -0.1) is 0 Å². The van der Waals surface area contributed by atoms with Gasteiger partial charge in [0.2, 0.25) is 5.28 Å². The Morgan fingerprint density at radius 1 is 1.29 bits per heavy atom. The number of halogens is 1. The molecule has 0 saturated heterocycles. The Bertz CT molecular complexity index is 848. The summed E-state index contributed by atoms with van der Waals surface area (Å²) < 4.78 is 1.54. The number of benzene rings is 1. The molecular formula is C13H10ClN5OS. The van der Waals surface area contributed by atoms with Crippen LogP contribution in [0, 0.1) is 0 Å². The van der Waals surface area contributed by atoms with Gasteiger partial charge in [0.05, 0.1) is 16.6 Å². The van der Waals surface area contributed by atoms with Crippen molar-refractivity contribution in [2.24, 2.45) is 5.73 Å². The van der Waals surface area contributed by atoms with Crippen molar-refractivity contribution >= 4 is 52.9 Å². The zero-order valence-corrected chi connectivity index (χ0v) is 12.3. The third-order valence-corrected chi connectivity index (χ3v) is 3.44. The quantitative estimate of drug-likeness (QED) is 0.511. The number of hydrogen-bond donors (Lipinski definition) is 3. The fourth-order valence-corrected chi connectivity index (χ4v) is 2.39. The molecule has 0 spiro atoms. The van der Waals surface area contributed by atoms with Crippen molar-refractivity contribution in [1.29, 1.82) is 0 Å². The smallest absolute Gasteiger partial charge is 0.250 e. The number of para-hydroxylation sites is 1. The minimum absolute atomic E-state index is 0.0792. The summed E-state index contributed by atoms with van der Waals surface area (Å²) in [6.45, 7) is 0. The first kappa shape index (κ1) is 13.7. The Kier molecular flexibility index (Phi) is 3.44. The first-order chi connectivity index (χ1) is 10.1. The summed E-state index contributed by atoms with van der Waals surface area (Å²) in [6.07, 6.45) is 1.73. The van der Waals surface area contributed by atoms with Gasteiger partial charge in [-0.25, -0.2) is 0 Å². The van der Waals surface area contributed by atoms with E-state index >= 15 is 0 Å². The molecule has 2 heterocycles. The maximum atomic E-state index is 11.5. The second-order valence-electron chi connectivity index (χ2n) is 4.27. The van der Waals surface area contributed by atoms with Crippen LogP contribution in [0.15, 0.2) is 36.5 Å². The summed E-state index contributed by atoms with van der Waals surface area (Å²) in [4.78, 5) is 19.7. The molecule has 106 valence electrons. The van der Waals surface area contributed by atoms with Crippen molar-refractivity contribution in [3.05, 3.63) is 47.4 Å². The van der Waals surface area contributed by atoms with Gasteiger partial charge in [0, 0.05) is 6.20 Å². The van der Waals surface area contributed by atoms with E-state index in [1.165, 1.54) is 3.97 Å². The number of nitrogens with two attached hydrogens (primary N) is 1. The molecule has 21 heavy (non-hydrogen) atoms. The standard InChI is InChI=1S/C13H10ClN5OS/c14-13-17-11(8-5-6-19(21)12(8)18-13)16-9-4-2-1-3-7(9)10(15)20/h1-6,21H,(H2,15,20)(H,16,17,18). The molecule has 0 saturated carbocycles. The van der Waals surface area contributed by atoms with Gasteiger partial charge >= 0.3 is 0 Å². The predicted molar refractivity (Wildman–Crippen MR) is 85.2 cm³/mol. The maximum absolute atomic E-state index is 11.5. The lowest BCUT2D eigenvalue weighted by atomic mass is 10.1. The van der Waals surface area contributed by atoms with Crippen LogP contribution in [-0.2, 0) is 0 Å². The van der Waals surface area contributed by atoms with Crippen LogP contribution in [0.3, 0.4) is 0 Å². The predicted octanol–water partition coefficient (Wildman–Crippen LogP) is 2.62. The van der Waals surface area contributed by atoms with Gasteiger partial charge in [-0.05, 0) is 29.8 Å². The lowest BCUT2D eigenvalue weighted by Crippen LogP contribution is -2.13. The van der Waals surface area contributed by atoms with E-state index in [2.05, 4.69) is 28.1 Å². The van der Waals surface area contributed by atoms with Crippen molar-refractivity contribution in [3.63, 3.8) is 0 Å². The van der Waals surface area contributed by atoms with Crippen LogP contribution >= 0.6 is 24.4 Å². The summed E-state index contributed by atoms with van der Waals surface area (Å²) >= 11 is 10.2. The first-order valence-electron chi connectivity index (χ1n) is 5.96. The van der Waals surface area contributed by atoms with Crippen LogP contribution in [0.25, 0.3) is 11.0 Å². The second-order valence-corrected chi connectivity index (χ2v) is 5.04. The molecule has 6 nitrogen and oxygen atoms in total. The fraction of sp³-hybridized carbons (Fsp3) is 0. The van der Waals surface area contributed by atoms with E-state index in [1.54, 1.807) is 36.5 Å². The summed E-state index contributed by atoms with van der Waals surface area (Å²) in [7, 11) is 0. The minimum Gasteiger partial charge on any atom is -0.366 e. The summed E-state index contributed by atoms with van der Waals surface area (Å²) in [5.41, 5.74) is 6.84. The van der Waals surface area contributed by atoms with Crippen LogP contribution in [0.1, 0.15) is 10.4 Å². The molecule has 8 heteroatoms. The Morgan fingerprint density at radius 3 is 2.81 bits per heavy atom. The van der Waals surface area contributed by atoms with Gasteiger partial charge in [-0.3, -0.25) is 8.77 Å². The molecule has 2 aromatic heterocycles. The Morgan fingerprint density at radius 2 is 2.05 bits per heavy atom. The van der Waals surface area contributed by atoms with E-state index in [0.29, 0.717) is 22.7 Å². The SMILES string of the molecule is NC(=O)c1ccccc1Nc1nc(Cl)nc2c1ccn2S. The molecule has 3 aromatic rings. The van der Waals surface area contributed by atoms with Gasteiger partial charge in [0.1, 0.15) is 5.82 Å². The average Bonchev–Trinajstić information content (AvgIpc) is 2.81. The van der Waals surface area contributed by atoms with E-state index in [-0.39, 0.29) is 5.28 Å². The summed E-state index contributed by atoms with van der Waals surface area (Å²) in [5, 5.41) is 3.88. The van der Waals surface area contributed by atoms with E-state index in [0.717, 1.165) is 5.39 Å². The van der Waals surface area contributed by atoms with Crippen LogP contribution in [0.5, 0.6) is 0 Å². The monoisotopic (exact) mass is 319 g/mol. The van der Waals surface area contributed by atoms with Gasteiger partial charge in [0.25, 0.3) is 5.91 Å². The lowest BCUT2D eigenvalue weighted by Gasteiger charge is -2.10. The summed E-state index contributed by atoms with van der Waals surface area (Å²) in [5.74, 6) is -0.0484. The molecular weight excluding hydrogens is 310 g/mol. The highest BCUT2D eigenvalue weighted by atomic mass is 35.5. The molecule has 0 aliphatic carbocycles. The molecule has 0 radical (unpaired) electrons. The maximum Gasteiger partial charge on any atom is 0.250 e. The van der Waals surface area contributed by atoms with Gasteiger partial charge in [-0.1, -0.05) is 24.9 Å². The number of anilines is 2. The first-order valence-corrected chi connectivity index (χ1v) is 6.74. The van der Waals surface area contributed by atoms with Gasteiger partial charge in [0.15, 0.2) is 5.65 Å². The van der Waals surface area contributed by atoms with E-state index in [4.69, 9.17) is 17.3 Å². The molecule has 0 fully saturated rings. The number of hydrogen-bond acceptors (Lipinski definition) is 5. The number of carbonyl (C=O) groups is 1. The van der Waals surface area contributed by atoms with E-state index in [9.17, 15) is 4.79 Å².